The van der Waals surface area contributed by atoms with Crippen LogP contribution in [0.2, 0.25) is 0 Å². The molecule has 0 amide bonds. The lowest BCUT2D eigenvalue weighted by atomic mass is 9.96. The molecule has 2 unspecified atom stereocenters. The first kappa shape index (κ1) is 17.6. The Hall–Kier alpha value is -1.42. The van der Waals surface area contributed by atoms with E-state index in [0.717, 1.165) is 6.42 Å². The summed E-state index contributed by atoms with van der Waals surface area (Å²) in [6.07, 6.45) is 2.11. The Kier molecular flexibility index (Phi) is 7.37. The molecule has 1 rings (SSSR count). The summed E-state index contributed by atoms with van der Waals surface area (Å²) in [4.78, 5) is 11.2. The molecule has 4 heteroatoms. The van der Waals surface area contributed by atoms with Crippen molar-refractivity contribution in [3.63, 3.8) is 0 Å². The number of hydrogen-bond donors (Lipinski definition) is 2. The Morgan fingerprint density at radius 2 is 1.95 bits per heavy atom. The fourth-order valence-corrected chi connectivity index (χ4v) is 2.36. The number of hydrogen-bond acceptors (Lipinski definition) is 2. The summed E-state index contributed by atoms with van der Waals surface area (Å²) in [5.41, 5.74) is 0.711. The van der Waals surface area contributed by atoms with E-state index in [-0.39, 0.29) is 17.8 Å². The SMILES string of the molecule is CC(C)CC(CNC(C)CCc1ccccc1F)C(=O)O. The molecule has 0 bridgehead atoms. The lowest BCUT2D eigenvalue weighted by Crippen LogP contribution is -2.35. The van der Waals surface area contributed by atoms with Crippen LogP contribution in [0.15, 0.2) is 24.3 Å². The van der Waals surface area contributed by atoms with Gasteiger partial charge in [-0.3, -0.25) is 4.79 Å². The molecule has 0 radical (unpaired) electrons. The van der Waals surface area contributed by atoms with Crippen molar-refractivity contribution in [2.75, 3.05) is 6.54 Å². The molecule has 0 spiro atoms. The van der Waals surface area contributed by atoms with E-state index >= 15 is 0 Å². The zero-order chi connectivity index (χ0) is 15.8. The maximum atomic E-state index is 13.5. The minimum Gasteiger partial charge on any atom is -0.481 e. The Morgan fingerprint density at radius 1 is 1.29 bits per heavy atom. The monoisotopic (exact) mass is 295 g/mol. The minimum atomic E-state index is -0.752. The van der Waals surface area contributed by atoms with Gasteiger partial charge in [0.15, 0.2) is 0 Å². The van der Waals surface area contributed by atoms with Crippen LogP contribution in [-0.4, -0.2) is 23.7 Å². The predicted octanol–water partition coefficient (Wildman–Crippen LogP) is 3.48. The molecule has 0 aliphatic rings. The second kappa shape index (κ2) is 8.78. The third-order valence-corrected chi connectivity index (χ3v) is 3.62. The highest BCUT2D eigenvalue weighted by Crippen LogP contribution is 2.13. The maximum Gasteiger partial charge on any atom is 0.307 e. The van der Waals surface area contributed by atoms with Crippen molar-refractivity contribution in [2.24, 2.45) is 11.8 Å². The summed E-state index contributed by atoms with van der Waals surface area (Å²) < 4.78 is 13.5. The molecule has 2 N–H and O–H groups in total. The first-order valence-electron chi connectivity index (χ1n) is 7.59. The fourth-order valence-electron chi connectivity index (χ4n) is 2.36. The number of aliphatic carboxylic acids is 1. The molecule has 1 aromatic carbocycles. The van der Waals surface area contributed by atoms with E-state index in [1.807, 2.05) is 26.8 Å². The summed E-state index contributed by atoms with van der Waals surface area (Å²) in [5, 5.41) is 12.4. The van der Waals surface area contributed by atoms with Gasteiger partial charge in [0.2, 0.25) is 0 Å². The summed E-state index contributed by atoms with van der Waals surface area (Å²) >= 11 is 0. The van der Waals surface area contributed by atoms with E-state index in [1.54, 1.807) is 12.1 Å². The summed E-state index contributed by atoms with van der Waals surface area (Å²) in [6, 6.07) is 6.94. The second-order valence-corrected chi connectivity index (χ2v) is 6.10. The first-order valence-corrected chi connectivity index (χ1v) is 7.59. The van der Waals surface area contributed by atoms with Gasteiger partial charge in [-0.05, 0) is 43.7 Å². The number of aryl methyl sites for hydroxylation is 1. The summed E-state index contributed by atoms with van der Waals surface area (Å²) in [5.74, 6) is -0.923. The number of carbonyl (C=O) groups is 1. The van der Waals surface area contributed by atoms with Gasteiger partial charge in [-0.25, -0.2) is 4.39 Å². The normalized spacial score (nSPS) is 14.1. The van der Waals surface area contributed by atoms with Crippen molar-refractivity contribution < 1.29 is 14.3 Å². The minimum absolute atomic E-state index is 0.165. The zero-order valence-electron chi connectivity index (χ0n) is 13.1. The molecule has 3 nitrogen and oxygen atoms in total. The van der Waals surface area contributed by atoms with Gasteiger partial charge in [0, 0.05) is 12.6 Å². The number of carboxylic acid groups (broad SMARTS) is 1. The average molecular weight is 295 g/mol. The van der Waals surface area contributed by atoms with Crippen LogP contribution in [-0.2, 0) is 11.2 Å². The van der Waals surface area contributed by atoms with Crippen molar-refractivity contribution in [3.05, 3.63) is 35.6 Å². The number of benzene rings is 1. The van der Waals surface area contributed by atoms with Crippen LogP contribution in [0.1, 0.15) is 39.2 Å². The van der Waals surface area contributed by atoms with Crippen LogP contribution in [0.5, 0.6) is 0 Å². The van der Waals surface area contributed by atoms with E-state index in [2.05, 4.69) is 5.32 Å². The van der Waals surface area contributed by atoms with Crippen molar-refractivity contribution >= 4 is 5.97 Å². The van der Waals surface area contributed by atoms with Crippen LogP contribution in [0, 0.1) is 17.7 Å². The van der Waals surface area contributed by atoms with E-state index in [9.17, 15) is 14.3 Å². The third-order valence-electron chi connectivity index (χ3n) is 3.62. The number of halogens is 1. The van der Waals surface area contributed by atoms with E-state index < -0.39 is 5.97 Å². The third kappa shape index (κ3) is 6.71. The van der Waals surface area contributed by atoms with Gasteiger partial charge in [0.25, 0.3) is 0 Å². The van der Waals surface area contributed by atoms with Crippen molar-refractivity contribution in [3.8, 4) is 0 Å². The molecule has 0 saturated heterocycles. The lowest BCUT2D eigenvalue weighted by Gasteiger charge is -2.19. The molecule has 0 fully saturated rings. The molecular formula is C17H26FNO2. The van der Waals surface area contributed by atoms with E-state index in [4.69, 9.17) is 0 Å². The zero-order valence-corrected chi connectivity index (χ0v) is 13.1. The molecule has 1 aromatic rings. The maximum absolute atomic E-state index is 13.5. The van der Waals surface area contributed by atoms with Gasteiger partial charge < -0.3 is 10.4 Å². The molecule has 2 atom stereocenters. The topological polar surface area (TPSA) is 49.3 Å². The van der Waals surface area contributed by atoms with Crippen LogP contribution < -0.4 is 5.32 Å². The number of rotatable bonds is 9. The van der Waals surface area contributed by atoms with Gasteiger partial charge in [-0.15, -0.1) is 0 Å². The fraction of sp³-hybridized carbons (Fsp3) is 0.588. The molecule has 0 heterocycles. The molecule has 0 aliphatic carbocycles. The highest BCUT2D eigenvalue weighted by Gasteiger charge is 2.19. The highest BCUT2D eigenvalue weighted by molar-refractivity contribution is 5.70. The second-order valence-electron chi connectivity index (χ2n) is 6.10. The molecule has 0 aliphatic heterocycles. The van der Waals surface area contributed by atoms with Crippen LogP contribution in [0.25, 0.3) is 0 Å². The van der Waals surface area contributed by atoms with Crippen LogP contribution >= 0.6 is 0 Å². The Labute approximate surface area is 126 Å². The quantitative estimate of drug-likeness (QED) is 0.733. The van der Waals surface area contributed by atoms with Gasteiger partial charge in [-0.2, -0.15) is 0 Å². The summed E-state index contributed by atoms with van der Waals surface area (Å²) in [7, 11) is 0. The largest absolute Gasteiger partial charge is 0.481 e. The predicted molar refractivity (Wildman–Crippen MR) is 82.8 cm³/mol. The molecule has 0 saturated carbocycles. The number of nitrogens with one attached hydrogen (secondary N) is 1. The van der Waals surface area contributed by atoms with Gasteiger partial charge in [0.1, 0.15) is 5.82 Å². The number of carboxylic acids is 1. The summed E-state index contributed by atoms with van der Waals surface area (Å²) in [6.45, 7) is 6.52. The van der Waals surface area contributed by atoms with Gasteiger partial charge in [-0.1, -0.05) is 32.0 Å². The van der Waals surface area contributed by atoms with Crippen LogP contribution in [0.3, 0.4) is 0 Å². The van der Waals surface area contributed by atoms with Crippen molar-refractivity contribution in [2.45, 2.75) is 46.1 Å². The average Bonchev–Trinajstić information content (AvgIpc) is 2.41. The van der Waals surface area contributed by atoms with Crippen LogP contribution in [0.4, 0.5) is 4.39 Å². The van der Waals surface area contributed by atoms with E-state index in [0.29, 0.717) is 30.9 Å². The molecule has 0 aromatic heterocycles. The first-order chi connectivity index (χ1) is 9.90. The Balaban J connectivity index is 2.37. The smallest absolute Gasteiger partial charge is 0.307 e. The van der Waals surface area contributed by atoms with Crippen molar-refractivity contribution in [1.29, 1.82) is 0 Å². The van der Waals surface area contributed by atoms with Crippen molar-refractivity contribution in [1.82, 2.24) is 5.32 Å². The Morgan fingerprint density at radius 3 is 2.52 bits per heavy atom. The molecule has 21 heavy (non-hydrogen) atoms. The molecular weight excluding hydrogens is 269 g/mol. The lowest BCUT2D eigenvalue weighted by molar-refractivity contribution is -0.142. The standard InChI is InChI=1S/C17H26FNO2/c1-12(2)10-15(17(20)21)11-19-13(3)8-9-14-6-4-5-7-16(14)18/h4-7,12-13,15,19H,8-11H2,1-3H3,(H,20,21). The van der Waals surface area contributed by atoms with E-state index in [1.165, 1.54) is 6.07 Å². The van der Waals surface area contributed by atoms with Gasteiger partial charge >= 0.3 is 5.97 Å². The highest BCUT2D eigenvalue weighted by atomic mass is 19.1. The Bertz CT molecular complexity index is 448. The molecule has 118 valence electrons. The van der Waals surface area contributed by atoms with Gasteiger partial charge in [0.05, 0.1) is 5.92 Å².